The summed E-state index contributed by atoms with van der Waals surface area (Å²) in [6.07, 6.45) is -0.882. The van der Waals surface area contributed by atoms with Crippen molar-refractivity contribution in [3.8, 4) is 0 Å². The Hall–Kier alpha value is 0.986. The first kappa shape index (κ1) is 15.0. The van der Waals surface area contributed by atoms with E-state index in [1.165, 1.54) is 0 Å². The first-order chi connectivity index (χ1) is 6.25. The van der Waals surface area contributed by atoms with Gasteiger partial charge in [-0.3, -0.25) is 4.90 Å². The minimum Gasteiger partial charge on any atom is -0.546 e. The number of carbonyl (C=O) groups is 1. The molecular formula is C8H15KN2O3. The van der Waals surface area contributed by atoms with Gasteiger partial charge in [0, 0.05) is 32.8 Å². The second-order valence-electron chi connectivity index (χ2n) is 2.91. The molecule has 1 rings (SSSR count). The van der Waals surface area contributed by atoms with Crippen LogP contribution < -0.4 is 61.8 Å². The number of aliphatic carboxylic acids is 1. The van der Waals surface area contributed by atoms with Crippen LogP contribution in [-0.2, 0) is 9.53 Å². The molecule has 1 saturated heterocycles. The summed E-state index contributed by atoms with van der Waals surface area (Å²) in [6, 6.07) is 0. The Bertz CT molecular complexity index is 174. The molecule has 0 saturated carbocycles. The monoisotopic (exact) mass is 226 g/mol. The zero-order chi connectivity index (χ0) is 9.68. The smallest absolute Gasteiger partial charge is 0.546 e. The fourth-order valence-electron chi connectivity index (χ4n) is 1.40. The fourth-order valence-corrected chi connectivity index (χ4v) is 1.40. The number of carboxylic acid groups (broad SMARTS) is 1. The molecule has 0 spiro atoms. The molecule has 1 N–H and O–H groups in total. The predicted octanol–water partition coefficient (Wildman–Crippen LogP) is -4.99. The van der Waals surface area contributed by atoms with Crippen molar-refractivity contribution in [2.75, 3.05) is 32.8 Å². The number of carbonyl (C=O) groups excluding carboxylic acids is 1. The minimum absolute atomic E-state index is 0. The van der Waals surface area contributed by atoms with E-state index in [0.29, 0.717) is 19.7 Å². The van der Waals surface area contributed by atoms with Crippen LogP contribution in [0.4, 0.5) is 0 Å². The Balaban J connectivity index is 0.00000169. The minimum atomic E-state index is -1.15. The van der Waals surface area contributed by atoms with E-state index in [0.717, 1.165) is 13.1 Å². The number of hydrogen-bond acceptors (Lipinski definition) is 5. The predicted molar refractivity (Wildman–Crippen MR) is 44.9 cm³/mol. The summed E-state index contributed by atoms with van der Waals surface area (Å²) >= 11 is 0. The van der Waals surface area contributed by atoms with Gasteiger partial charge in [0.25, 0.3) is 0 Å². The van der Waals surface area contributed by atoms with Crippen LogP contribution in [0.15, 0.2) is 0 Å². The van der Waals surface area contributed by atoms with Gasteiger partial charge in [0.2, 0.25) is 0 Å². The molecule has 0 aromatic rings. The quantitative estimate of drug-likeness (QED) is 0.486. The van der Waals surface area contributed by atoms with Gasteiger partial charge in [0.05, 0.1) is 5.97 Å². The summed E-state index contributed by atoms with van der Waals surface area (Å²) in [5.74, 6) is -1.15. The average Bonchev–Trinajstić information content (AvgIpc) is 2.15. The molecule has 0 aromatic carbocycles. The maximum absolute atomic E-state index is 10.7. The van der Waals surface area contributed by atoms with Gasteiger partial charge < -0.3 is 20.0 Å². The van der Waals surface area contributed by atoms with Crippen molar-refractivity contribution in [2.24, 2.45) is 0 Å². The Morgan fingerprint density at radius 3 is 2.57 bits per heavy atom. The van der Waals surface area contributed by atoms with E-state index in [1.54, 1.807) is 11.8 Å². The summed E-state index contributed by atoms with van der Waals surface area (Å²) in [4.78, 5) is 12.5. The molecule has 1 atom stereocenters. The van der Waals surface area contributed by atoms with E-state index in [-0.39, 0.29) is 51.4 Å². The fraction of sp³-hybridized carbons (Fsp3) is 0.875. The number of hydrogen-bond donors (Lipinski definition) is 1. The Morgan fingerprint density at radius 2 is 2.14 bits per heavy atom. The molecule has 0 bridgehead atoms. The van der Waals surface area contributed by atoms with Crippen LogP contribution in [0.3, 0.4) is 0 Å². The largest absolute Gasteiger partial charge is 1.00 e. The van der Waals surface area contributed by atoms with Gasteiger partial charge in [-0.2, -0.15) is 0 Å². The molecule has 0 aromatic heterocycles. The molecule has 1 heterocycles. The van der Waals surface area contributed by atoms with Gasteiger partial charge in [-0.05, 0) is 6.92 Å². The van der Waals surface area contributed by atoms with Crippen molar-refractivity contribution in [1.29, 1.82) is 0 Å². The number of rotatable bonds is 4. The maximum Gasteiger partial charge on any atom is 1.00 e. The van der Waals surface area contributed by atoms with E-state index < -0.39 is 12.2 Å². The van der Waals surface area contributed by atoms with Gasteiger partial charge in [-0.1, -0.05) is 0 Å². The van der Waals surface area contributed by atoms with E-state index in [4.69, 9.17) is 4.74 Å². The maximum atomic E-state index is 10.7. The average molecular weight is 226 g/mol. The summed E-state index contributed by atoms with van der Waals surface area (Å²) < 4.78 is 5.08. The summed E-state index contributed by atoms with van der Waals surface area (Å²) in [7, 11) is 0. The van der Waals surface area contributed by atoms with Crippen LogP contribution in [0.2, 0.25) is 0 Å². The number of ether oxygens (including phenoxy) is 1. The molecule has 14 heavy (non-hydrogen) atoms. The standard InChI is InChI=1S/C8H16N2O3.K/c1-2-13-7(8(11)12)10-5-3-9-4-6-10;/h7,9H,2-6H2,1H3,(H,11,12);/q;+1/p-1. The third kappa shape index (κ3) is 4.67. The van der Waals surface area contributed by atoms with Gasteiger partial charge in [0.1, 0.15) is 0 Å². The van der Waals surface area contributed by atoms with Crippen molar-refractivity contribution in [3.63, 3.8) is 0 Å². The molecule has 6 heteroatoms. The number of piperazine rings is 1. The SMILES string of the molecule is CCOC(C(=O)[O-])N1CCNCC1.[K+]. The number of nitrogens with zero attached hydrogens (tertiary/aromatic N) is 1. The number of carboxylic acids is 1. The van der Waals surface area contributed by atoms with Gasteiger partial charge >= 0.3 is 51.4 Å². The van der Waals surface area contributed by atoms with Crippen molar-refractivity contribution < 1.29 is 66.0 Å². The van der Waals surface area contributed by atoms with Gasteiger partial charge in [-0.25, -0.2) is 0 Å². The topological polar surface area (TPSA) is 64.6 Å². The van der Waals surface area contributed by atoms with Gasteiger partial charge in [0.15, 0.2) is 6.23 Å². The van der Waals surface area contributed by atoms with Gasteiger partial charge in [-0.15, -0.1) is 0 Å². The van der Waals surface area contributed by atoms with Crippen LogP contribution in [0.25, 0.3) is 0 Å². The Kier molecular flexibility index (Phi) is 8.75. The second kappa shape index (κ2) is 8.17. The first-order valence-electron chi connectivity index (χ1n) is 4.53. The Morgan fingerprint density at radius 1 is 1.57 bits per heavy atom. The summed E-state index contributed by atoms with van der Waals surface area (Å²) in [6.45, 7) is 5.16. The summed E-state index contributed by atoms with van der Waals surface area (Å²) in [5.41, 5.74) is 0. The molecule has 1 fully saturated rings. The van der Waals surface area contributed by atoms with Crippen LogP contribution in [0, 0.1) is 0 Å². The third-order valence-corrected chi connectivity index (χ3v) is 2.01. The third-order valence-electron chi connectivity index (χ3n) is 2.01. The molecule has 0 amide bonds. The molecule has 1 aliphatic heterocycles. The molecule has 0 aliphatic carbocycles. The zero-order valence-corrected chi connectivity index (χ0v) is 11.9. The van der Waals surface area contributed by atoms with Crippen molar-refractivity contribution in [3.05, 3.63) is 0 Å². The van der Waals surface area contributed by atoms with Crippen LogP contribution in [-0.4, -0.2) is 49.9 Å². The van der Waals surface area contributed by atoms with Crippen LogP contribution in [0.5, 0.6) is 0 Å². The normalized spacial score (nSPS) is 19.8. The van der Waals surface area contributed by atoms with Crippen molar-refractivity contribution in [2.45, 2.75) is 13.2 Å². The summed E-state index contributed by atoms with van der Waals surface area (Å²) in [5, 5.41) is 13.8. The molecule has 0 radical (unpaired) electrons. The first-order valence-corrected chi connectivity index (χ1v) is 4.53. The van der Waals surface area contributed by atoms with E-state index in [9.17, 15) is 9.90 Å². The van der Waals surface area contributed by atoms with Crippen LogP contribution >= 0.6 is 0 Å². The van der Waals surface area contributed by atoms with E-state index in [1.807, 2.05) is 0 Å². The van der Waals surface area contributed by atoms with Crippen molar-refractivity contribution >= 4 is 5.97 Å². The van der Waals surface area contributed by atoms with E-state index in [2.05, 4.69) is 5.32 Å². The second-order valence-corrected chi connectivity index (χ2v) is 2.91. The zero-order valence-electron chi connectivity index (χ0n) is 8.78. The van der Waals surface area contributed by atoms with E-state index >= 15 is 0 Å². The molecule has 1 aliphatic rings. The molecule has 76 valence electrons. The molecular weight excluding hydrogens is 211 g/mol. The Labute approximate surface area is 127 Å². The molecule has 1 unspecified atom stereocenters. The van der Waals surface area contributed by atoms with Crippen molar-refractivity contribution in [1.82, 2.24) is 10.2 Å². The molecule has 5 nitrogen and oxygen atoms in total. The van der Waals surface area contributed by atoms with Crippen LogP contribution in [0.1, 0.15) is 6.92 Å². The number of nitrogens with one attached hydrogen (secondary N) is 1.